The SMILES string of the molecule is CC(C)(C)OC(=O)N1CC(CO)(COCCOCCN=[N+]=[N-])C1. The van der Waals surface area contributed by atoms with Gasteiger partial charge in [0.15, 0.2) is 0 Å². The molecular formula is C14H26N4O5. The smallest absolute Gasteiger partial charge is 0.410 e. The maximum Gasteiger partial charge on any atom is 0.410 e. The van der Waals surface area contributed by atoms with Crippen LogP contribution >= 0.6 is 0 Å². The molecule has 0 aromatic rings. The molecule has 1 aliphatic rings. The lowest BCUT2D eigenvalue weighted by Gasteiger charge is -2.48. The molecule has 1 saturated heterocycles. The summed E-state index contributed by atoms with van der Waals surface area (Å²) >= 11 is 0. The molecule has 1 N–H and O–H groups in total. The molecule has 0 unspecified atom stereocenters. The zero-order chi connectivity index (χ0) is 17.3. The maximum atomic E-state index is 11.9. The number of aliphatic hydroxyl groups is 1. The predicted molar refractivity (Wildman–Crippen MR) is 83.0 cm³/mol. The molecule has 0 aromatic heterocycles. The second-order valence-corrected chi connectivity index (χ2v) is 6.61. The van der Waals surface area contributed by atoms with Gasteiger partial charge in [-0.1, -0.05) is 5.11 Å². The van der Waals surface area contributed by atoms with Gasteiger partial charge in [0.2, 0.25) is 0 Å². The Hall–Kier alpha value is -1.54. The predicted octanol–water partition coefficient (Wildman–Crippen LogP) is 1.56. The van der Waals surface area contributed by atoms with Crippen molar-refractivity contribution in [3.05, 3.63) is 10.4 Å². The van der Waals surface area contributed by atoms with Gasteiger partial charge in [-0.05, 0) is 26.3 Å². The number of hydrogen-bond acceptors (Lipinski definition) is 6. The third-order valence-corrected chi connectivity index (χ3v) is 3.22. The summed E-state index contributed by atoms with van der Waals surface area (Å²) in [7, 11) is 0. The van der Waals surface area contributed by atoms with Crippen LogP contribution in [0, 0.1) is 5.41 Å². The molecule has 0 atom stereocenters. The van der Waals surface area contributed by atoms with E-state index in [-0.39, 0.29) is 12.7 Å². The molecule has 9 nitrogen and oxygen atoms in total. The van der Waals surface area contributed by atoms with Crippen LogP contribution in [0.25, 0.3) is 10.4 Å². The molecular weight excluding hydrogens is 304 g/mol. The van der Waals surface area contributed by atoms with Crippen molar-refractivity contribution >= 4 is 6.09 Å². The standard InChI is InChI=1S/C14H26N4O5/c1-13(2,3)23-12(20)18-8-14(9-18,10-19)11-22-7-6-21-5-4-16-17-15/h19H,4-11H2,1-3H3. The van der Waals surface area contributed by atoms with E-state index in [0.29, 0.717) is 46.1 Å². The van der Waals surface area contributed by atoms with Gasteiger partial charge in [-0.2, -0.15) is 0 Å². The van der Waals surface area contributed by atoms with Crippen LogP contribution in [-0.2, 0) is 14.2 Å². The topological polar surface area (TPSA) is 117 Å². The van der Waals surface area contributed by atoms with Crippen molar-refractivity contribution in [2.75, 3.05) is 52.7 Å². The van der Waals surface area contributed by atoms with Crippen molar-refractivity contribution < 1.29 is 24.1 Å². The quantitative estimate of drug-likeness (QED) is 0.298. The van der Waals surface area contributed by atoms with Gasteiger partial charge in [0.25, 0.3) is 0 Å². The van der Waals surface area contributed by atoms with E-state index < -0.39 is 11.0 Å². The van der Waals surface area contributed by atoms with Gasteiger partial charge >= 0.3 is 6.09 Å². The van der Waals surface area contributed by atoms with E-state index in [0.717, 1.165) is 0 Å². The first-order chi connectivity index (χ1) is 10.8. The van der Waals surface area contributed by atoms with Crippen LogP contribution in [0.15, 0.2) is 5.11 Å². The van der Waals surface area contributed by atoms with Crippen molar-refractivity contribution in [1.29, 1.82) is 0 Å². The van der Waals surface area contributed by atoms with Gasteiger partial charge in [-0.25, -0.2) is 4.79 Å². The first-order valence-electron chi connectivity index (χ1n) is 7.57. The van der Waals surface area contributed by atoms with Crippen LogP contribution in [0.5, 0.6) is 0 Å². The number of hydrogen-bond donors (Lipinski definition) is 1. The molecule has 0 bridgehead atoms. The number of likely N-dealkylation sites (tertiary alicyclic amines) is 1. The Kier molecular flexibility index (Phi) is 7.57. The van der Waals surface area contributed by atoms with Crippen LogP contribution in [-0.4, -0.2) is 74.4 Å². The fourth-order valence-electron chi connectivity index (χ4n) is 2.11. The van der Waals surface area contributed by atoms with E-state index in [4.69, 9.17) is 19.7 Å². The van der Waals surface area contributed by atoms with Crippen molar-refractivity contribution in [2.45, 2.75) is 26.4 Å². The minimum atomic E-state index is -0.530. The number of rotatable bonds is 9. The Balaban J connectivity index is 2.18. The summed E-state index contributed by atoms with van der Waals surface area (Å²) in [6.45, 7) is 7.98. The minimum absolute atomic E-state index is 0.0515. The van der Waals surface area contributed by atoms with Crippen LogP contribution in [0.3, 0.4) is 0 Å². The molecule has 0 radical (unpaired) electrons. The third-order valence-electron chi connectivity index (χ3n) is 3.22. The van der Waals surface area contributed by atoms with Gasteiger partial charge in [0.1, 0.15) is 5.60 Å². The van der Waals surface area contributed by atoms with Gasteiger partial charge in [-0.3, -0.25) is 0 Å². The molecule has 1 aliphatic heterocycles. The lowest BCUT2D eigenvalue weighted by atomic mass is 9.82. The first-order valence-corrected chi connectivity index (χ1v) is 7.57. The van der Waals surface area contributed by atoms with E-state index >= 15 is 0 Å². The van der Waals surface area contributed by atoms with Crippen molar-refractivity contribution in [1.82, 2.24) is 4.90 Å². The average Bonchev–Trinajstić information content (AvgIpc) is 2.42. The van der Waals surface area contributed by atoms with E-state index in [1.165, 1.54) is 0 Å². The van der Waals surface area contributed by atoms with Gasteiger partial charge in [0.05, 0.1) is 38.4 Å². The third kappa shape index (κ3) is 7.04. The number of ether oxygens (including phenoxy) is 3. The molecule has 1 fully saturated rings. The number of carbonyl (C=O) groups excluding carboxylic acids is 1. The summed E-state index contributed by atoms with van der Waals surface area (Å²) in [5.41, 5.74) is 7.14. The molecule has 1 heterocycles. The minimum Gasteiger partial charge on any atom is -0.444 e. The fourth-order valence-corrected chi connectivity index (χ4v) is 2.11. The van der Waals surface area contributed by atoms with E-state index in [1.807, 2.05) is 20.8 Å². The lowest BCUT2D eigenvalue weighted by molar-refractivity contribution is -0.0993. The number of aliphatic hydroxyl groups excluding tert-OH is 1. The highest BCUT2D eigenvalue weighted by Crippen LogP contribution is 2.31. The average molecular weight is 330 g/mol. The molecule has 0 aromatic carbocycles. The molecule has 23 heavy (non-hydrogen) atoms. The fraction of sp³-hybridized carbons (Fsp3) is 0.929. The Bertz CT molecular complexity index is 425. The second-order valence-electron chi connectivity index (χ2n) is 6.61. The molecule has 132 valence electrons. The van der Waals surface area contributed by atoms with Gasteiger partial charge in [0, 0.05) is 24.5 Å². The number of amides is 1. The normalized spacial score (nSPS) is 16.4. The second kappa shape index (κ2) is 8.93. The van der Waals surface area contributed by atoms with Crippen LogP contribution in [0.1, 0.15) is 20.8 Å². The Labute approximate surface area is 136 Å². The van der Waals surface area contributed by atoms with Crippen LogP contribution in [0.2, 0.25) is 0 Å². The summed E-state index contributed by atoms with van der Waals surface area (Å²) < 4.78 is 16.0. The zero-order valence-electron chi connectivity index (χ0n) is 14.0. The van der Waals surface area contributed by atoms with Crippen LogP contribution in [0.4, 0.5) is 4.79 Å². The molecule has 1 rings (SSSR count). The molecule has 9 heteroatoms. The van der Waals surface area contributed by atoms with Crippen LogP contribution < -0.4 is 0 Å². The summed E-state index contributed by atoms with van der Waals surface area (Å²) in [4.78, 5) is 16.0. The van der Waals surface area contributed by atoms with Gasteiger partial charge in [-0.15, -0.1) is 0 Å². The molecule has 0 saturated carbocycles. The Morgan fingerprint density at radius 3 is 2.52 bits per heavy atom. The summed E-state index contributed by atoms with van der Waals surface area (Å²) in [6, 6.07) is 0. The van der Waals surface area contributed by atoms with E-state index in [9.17, 15) is 9.90 Å². The number of azide groups is 1. The zero-order valence-corrected chi connectivity index (χ0v) is 14.0. The lowest BCUT2D eigenvalue weighted by Crippen LogP contribution is -2.63. The van der Waals surface area contributed by atoms with Gasteiger partial charge < -0.3 is 24.2 Å². The van der Waals surface area contributed by atoms with E-state index in [2.05, 4.69) is 10.0 Å². The van der Waals surface area contributed by atoms with Crippen molar-refractivity contribution in [3.8, 4) is 0 Å². The molecule has 0 spiro atoms. The maximum absolute atomic E-state index is 11.9. The van der Waals surface area contributed by atoms with Crippen molar-refractivity contribution in [3.63, 3.8) is 0 Å². The summed E-state index contributed by atoms with van der Waals surface area (Å²) in [5, 5.41) is 12.9. The summed E-state index contributed by atoms with van der Waals surface area (Å²) in [6.07, 6.45) is -0.372. The number of nitrogens with zero attached hydrogens (tertiary/aromatic N) is 4. The Morgan fingerprint density at radius 1 is 1.30 bits per heavy atom. The Morgan fingerprint density at radius 2 is 1.96 bits per heavy atom. The highest BCUT2D eigenvalue weighted by molar-refractivity contribution is 5.69. The number of carbonyl (C=O) groups is 1. The highest BCUT2D eigenvalue weighted by Gasteiger charge is 2.46. The van der Waals surface area contributed by atoms with E-state index in [1.54, 1.807) is 4.90 Å². The monoisotopic (exact) mass is 330 g/mol. The largest absolute Gasteiger partial charge is 0.444 e. The highest BCUT2D eigenvalue weighted by atomic mass is 16.6. The van der Waals surface area contributed by atoms with Crippen molar-refractivity contribution in [2.24, 2.45) is 10.5 Å². The molecule has 0 aliphatic carbocycles. The first kappa shape index (κ1) is 19.5. The summed E-state index contributed by atoms with van der Waals surface area (Å²) in [5.74, 6) is 0. The molecule has 1 amide bonds.